The van der Waals surface area contributed by atoms with Gasteiger partial charge in [0.15, 0.2) is 11.5 Å². The van der Waals surface area contributed by atoms with E-state index < -0.39 is 35.0 Å². The Morgan fingerprint density at radius 3 is 2.50 bits per heavy atom. The third-order valence-electron chi connectivity index (χ3n) is 3.19. The second-order valence-electron chi connectivity index (χ2n) is 4.44. The lowest BCUT2D eigenvalue weighted by Crippen LogP contribution is -2.54. The smallest absolute Gasteiger partial charge is 0.239 e. The molecule has 0 aliphatic carbocycles. The molecule has 1 unspecified atom stereocenters. The molecule has 0 aromatic heterocycles. The maximum Gasteiger partial charge on any atom is 0.239 e. The Morgan fingerprint density at radius 2 is 1.95 bits per heavy atom. The lowest BCUT2D eigenvalue weighted by atomic mass is 9.88. The van der Waals surface area contributed by atoms with E-state index in [9.17, 15) is 14.0 Å². The van der Waals surface area contributed by atoms with Gasteiger partial charge in [0, 0.05) is 7.05 Å². The molecule has 0 spiro atoms. The van der Waals surface area contributed by atoms with E-state index in [4.69, 9.17) is 10.6 Å². The second-order valence-corrected chi connectivity index (χ2v) is 4.44. The highest BCUT2D eigenvalue weighted by Crippen LogP contribution is 2.19. The van der Waals surface area contributed by atoms with Crippen molar-refractivity contribution in [3.63, 3.8) is 0 Å². The van der Waals surface area contributed by atoms with Gasteiger partial charge < -0.3 is 5.21 Å². The predicted octanol–water partition coefficient (Wildman–Crippen LogP) is 0.833. The molecule has 20 heavy (non-hydrogen) atoms. The number of piperidine rings is 1. The number of benzene rings is 1. The normalized spacial score (nSPS) is 21.7. The fourth-order valence-corrected chi connectivity index (χ4v) is 2.03. The fourth-order valence-electron chi connectivity index (χ4n) is 2.03. The van der Waals surface area contributed by atoms with E-state index in [1.54, 1.807) is 0 Å². The summed E-state index contributed by atoms with van der Waals surface area (Å²) < 4.78 is 12.8. The van der Waals surface area contributed by atoms with Gasteiger partial charge in [-0.05, 0) is 24.1 Å². The van der Waals surface area contributed by atoms with Crippen LogP contribution < -0.4 is 0 Å². The van der Waals surface area contributed by atoms with E-state index in [0.717, 1.165) is 4.90 Å². The van der Waals surface area contributed by atoms with Gasteiger partial charge in [-0.3, -0.25) is 19.9 Å². The Labute approximate surface area is 114 Å². The van der Waals surface area contributed by atoms with Crippen molar-refractivity contribution < 1.29 is 19.2 Å². The van der Waals surface area contributed by atoms with Crippen LogP contribution in [0.5, 0.6) is 0 Å². The lowest BCUT2D eigenvalue weighted by molar-refractivity contribution is -0.136. The van der Waals surface area contributed by atoms with Crippen LogP contribution in [-0.4, -0.2) is 40.4 Å². The highest BCUT2D eigenvalue weighted by Gasteiger charge is 2.42. The molecule has 1 aliphatic rings. The van der Waals surface area contributed by atoms with Crippen molar-refractivity contribution in [2.75, 3.05) is 7.05 Å². The van der Waals surface area contributed by atoms with Gasteiger partial charge in [0.2, 0.25) is 11.7 Å². The number of rotatable bonds is 2. The van der Waals surface area contributed by atoms with Crippen molar-refractivity contribution >= 4 is 23.2 Å². The quantitative estimate of drug-likeness (QED) is 0.476. The number of nitrogens with zero attached hydrogens (tertiary/aromatic N) is 2. The molecule has 0 saturated carbocycles. The highest BCUT2D eigenvalue weighted by atomic mass is 19.1. The highest BCUT2D eigenvalue weighted by molar-refractivity contribution is 6.70. The van der Waals surface area contributed by atoms with Crippen molar-refractivity contribution in [3.8, 4) is 0 Å². The predicted molar refractivity (Wildman–Crippen MR) is 68.3 cm³/mol. The molecule has 1 heterocycles. The van der Waals surface area contributed by atoms with E-state index in [1.165, 1.54) is 31.3 Å². The summed E-state index contributed by atoms with van der Waals surface area (Å²) >= 11 is 0. The first-order valence-electron chi connectivity index (χ1n) is 5.83. The maximum atomic E-state index is 12.8. The number of ketones is 1. The molecule has 104 valence electrons. The number of halogens is 1. The summed E-state index contributed by atoms with van der Waals surface area (Å²) in [6.45, 7) is 0. The van der Waals surface area contributed by atoms with Gasteiger partial charge in [-0.25, -0.2) is 4.39 Å². The second kappa shape index (κ2) is 5.20. The molecule has 1 amide bonds. The standard InChI is InChI=1S/C13H12FN3O3/c1-17-12(15)10(16-20)11(18)9(13(17)19)6-7-2-4-8(14)5-3-7/h2-5,9,15,20H,6H2,1H3/b15-12?,16-10+. The number of carbonyl (C=O) groups excluding carboxylic acids is 2. The molecule has 1 atom stereocenters. The lowest BCUT2D eigenvalue weighted by Gasteiger charge is -2.28. The van der Waals surface area contributed by atoms with Crippen molar-refractivity contribution in [1.29, 1.82) is 5.41 Å². The van der Waals surface area contributed by atoms with E-state index in [1.807, 2.05) is 0 Å². The number of Topliss-reactive ketones (excluding diaryl/α,β-unsaturated/α-hetero) is 1. The minimum atomic E-state index is -1.06. The minimum absolute atomic E-state index is 0.0641. The minimum Gasteiger partial charge on any atom is -0.410 e. The van der Waals surface area contributed by atoms with Crippen LogP contribution in [0.4, 0.5) is 4.39 Å². The van der Waals surface area contributed by atoms with Crippen LogP contribution in [0.15, 0.2) is 29.4 Å². The monoisotopic (exact) mass is 277 g/mol. The first-order valence-corrected chi connectivity index (χ1v) is 5.83. The Morgan fingerprint density at radius 1 is 1.35 bits per heavy atom. The Hall–Kier alpha value is -2.57. The van der Waals surface area contributed by atoms with Gasteiger partial charge in [-0.15, -0.1) is 0 Å². The average Bonchev–Trinajstić information content (AvgIpc) is 2.44. The number of hydrogen-bond acceptors (Lipinski definition) is 5. The zero-order valence-electron chi connectivity index (χ0n) is 10.6. The van der Waals surface area contributed by atoms with Crippen LogP contribution in [0.1, 0.15) is 5.56 Å². The van der Waals surface area contributed by atoms with Crippen LogP contribution in [0.2, 0.25) is 0 Å². The van der Waals surface area contributed by atoms with Gasteiger partial charge in [-0.2, -0.15) is 0 Å². The number of amidine groups is 1. The molecule has 2 N–H and O–H groups in total. The van der Waals surface area contributed by atoms with E-state index in [-0.39, 0.29) is 6.42 Å². The Balaban J connectivity index is 2.30. The molecule has 6 nitrogen and oxygen atoms in total. The Kier molecular flexibility index (Phi) is 3.60. The first-order chi connectivity index (χ1) is 9.45. The molecular weight excluding hydrogens is 265 g/mol. The van der Waals surface area contributed by atoms with Gasteiger partial charge in [0.05, 0.1) is 0 Å². The summed E-state index contributed by atoms with van der Waals surface area (Å²) in [7, 11) is 1.33. The molecular formula is C13H12FN3O3. The summed E-state index contributed by atoms with van der Waals surface area (Å²) in [4.78, 5) is 25.0. The molecule has 1 aromatic carbocycles. The fraction of sp³-hybridized carbons (Fsp3) is 0.231. The van der Waals surface area contributed by atoms with Crippen LogP contribution in [-0.2, 0) is 16.0 Å². The number of hydrogen-bond donors (Lipinski definition) is 2. The molecule has 1 aromatic rings. The van der Waals surface area contributed by atoms with Crippen LogP contribution >= 0.6 is 0 Å². The van der Waals surface area contributed by atoms with Crippen molar-refractivity contribution in [2.24, 2.45) is 11.1 Å². The molecule has 1 aliphatic heterocycles. The third-order valence-corrected chi connectivity index (χ3v) is 3.19. The largest absolute Gasteiger partial charge is 0.410 e. The van der Waals surface area contributed by atoms with Crippen molar-refractivity contribution in [3.05, 3.63) is 35.6 Å². The van der Waals surface area contributed by atoms with E-state index >= 15 is 0 Å². The molecule has 2 rings (SSSR count). The third kappa shape index (κ3) is 2.29. The van der Waals surface area contributed by atoms with Crippen molar-refractivity contribution in [1.82, 2.24) is 4.90 Å². The van der Waals surface area contributed by atoms with Crippen LogP contribution in [0, 0.1) is 17.1 Å². The summed E-state index contributed by atoms with van der Waals surface area (Å²) in [5.74, 6) is -3.16. The SMILES string of the molecule is CN1C(=N)/C(=N/O)C(=O)C(Cc2ccc(F)cc2)C1=O. The van der Waals surface area contributed by atoms with Gasteiger partial charge in [-0.1, -0.05) is 17.3 Å². The van der Waals surface area contributed by atoms with E-state index in [2.05, 4.69) is 5.16 Å². The van der Waals surface area contributed by atoms with Crippen molar-refractivity contribution in [2.45, 2.75) is 6.42 Å². The summed E-state index contributed by atoms with van der Waals surface area (Å²) in [5.41, 5.74) is 0.163. The molecule has 0 bridgehead atoms. The zero-order valence-corrected chi connectivity index (χ0v) is 10.6. The summed E-state index contributed by atoms with van der Waals surface area (Å²) in [5, 5.41) is 19.1. The number of nitrogens with one attached hydrogen (secondary N) is 1. The number of amides is 1. The zero-order chi connectivity index (χ0) is 14.9. The van der Waals surface area contributed by atoms with E-state index in [0.29, 0.717) is 5.56 Å². The van der Waals surface area contributed by atoms with Crippen LogP contribution in [0.25, 0.3) is 0 Å². The van der Waals surface area contributed by atoms with Crippen LogP contribution in [0.3, 0.4) is 0 Å². The average molecular weight is 277 g/mol. The van der Waals surface area contributed by atoms with Gasteiger partial charge in [0.25, 0.3) is 0 Å². The molecule has 0 radical (unpaired) electrons. The number of carbonyl (C=O) groups is 2. The topological polar surface area (TPSA) is 93.8 Å². The number of oxime groups is 1. The maximum absolute atomic E-state index is 12.8. The van der Waals surface area contributed by atoms with Gasteiger partial charge >= 0.3 is 0 Å². The molecule has 1 fully saturated rings. The first kappa shape index (κ1) is 13.9. The molecule has 7 heteroatoms. The number of likely N-dealkylation sites (tertiary alicyclic amines) is 1. The van der Waals surface area contributed by atoms with Gasteiger partial charge in [0.1, 0.15) is 11.7 Å². The summed E-state index contributed by atoms with van der Waals surface area (Å²) in [6.07, 6.45) is 0.0641. The Bertz CT molecular complexity index is 610. The summed E-state index contributed by atoms with van der Waals surface area (Å²) in [6, 6.07) is 5.43. The molecule has 1 saturated heterocycles.